The zero-order chi connectivity index (χ0) is 20.4. The Labute approximate surface area is 188 Å². The lowest BCUT2D eigenvalue weighted by Gasteiger charge is -2.30. The van der Waals surface area contributed by atoms with Crippen molar-refractivity contribution >= 4 is 29.9 Å². The van der Waals surface area contributed by atoms with Crippen LogP contribution in [0.25, 0.3) is 0 Å². The second-order valence-corrected chi connectivity index (χ2v) is 7.50. The minimum absolute atomic E-state index is 0. The zero-order valence-electron chi connectivity index (χ0n) is 19.0. The zero-order valence-corrected chi connectivity index (χ0v) is 21.3. The minimum atomic E-state index is 0. The molecule has 0 atom stereocenters. The maximum absolute atomic E-state index is 5.16. The SMILES string of the molecule is CN=C(NCCCN(C(C)C)C(C)C)NCc1c(C)nn(CCOC)c1C.I. The minimum Gasteiger partial charge on any atom is -0.383 e. The molecule has 0 amide bonds. The summed E-state index contributed by atoms with van der Waals surface area (Å²) in [4.78, 5) is 6.85. The van der Waals surface area contributed by atoms with E-state index in [1.165, 1.54) is 11.3 Å². The Morgan fingerprint density at radius 1 is 1.18 bits per heavy atom. The molecule has 28 heavy (non-hydrogen) atoms. The van der Waals surface area contributed by atoms with Gasteiger partial charge in [0.2, 0.25) is 0 Å². The van der Waals surface area contributed by atoms with Crippen LogP contribution in [-0.4, -0.2) is 66.6 Å². The van der Waals surface area contributed by atoms with Gasteiger partial charge in [-0.05, 0) is 48.0 Å². The van der Waals surface area contributed by atoms with Gasteiger partial charge in [0.05, 0.1) is 18.8 Å². The van der Waals surface area contributed by atoms with Crippen LogP contribution in [0.15, 0.2) is 4.99 Å². The molecule has 0 aliphatic heterocycles. The van der Waals surface area contributed by atoms with Gasteiger partial charge in [-0.1, -0.05) is 0 Å². The quantitative estimate of drug-likeness (QED) is 0.208. The fraction of sp³-hybridized carbons (Fsp3) is 0.800. The van der Waals surface area contributed by atoms with Crippen molar-refractivity contribution in [1.82, 2.24) is 25.3 Å². The molecule has 0 radical (unpaired) electrons. The molecule has 0 spiro atoms. The number of guanidine groups is 1. The van der Waals surface area contributed by atoms with Gasteiger partial charge in [0.25, 0.3) is 0 Å². The number of rotatable bonds is 11. The highest BCUT2D eigenvalue weighted by Gasteiger charge is 2.13. The van der Waals surface area contributed by atoms with Gasteiger partial charge in [-0.2, -0.15) is 5.10 Å². The molecule has 0 aliphatic rings. The largest absolute Gasteiger partial charge is 0.383 e. The number of aliphatic imine (C=N–C) groups is 1. The van der Waals surface area contributed by atoms with Crippen molar-refractivity contribution in [2.75, 3.05) is 33.9 Å². The van der Waals surface area contributed by atoms with Gasteiger partial charge < -0.3 is 15.4 Å². The fourth-order valence-corrected chi connectivity index (χ4v) is 3.36. The fourth-order valence-electron chi connectivity index (χ4n) is 3.36. The summed E-state index contributed by atoms with van der Waals surface area (Å²) in [6.45, 7) is 17.3. The van der Waals surface area contributed by atoms with Crippen molar-refractivity contribution < 1.29 is 4.74 Å². The van der Waals surface area contributed by atoms with E-state index in [4.69, 9.17) is 4.74 Å². The first-order valence-electron chi connectivity index (χ1n) is 10.0. The van der Waals surface area contributed by atoms with Crippen LogP contribution >= 0.6 is 24.0 Å². The number of hydrogen-bond acceptors (Lipinski definition) is 4. The van der Waals surface area contributed by atoms with E-state index < -0.39 is 0 Å². The van der Waals surface area contributed by atoms with Crippen LogP contribution in [0.1, 0.15) is 51.1 Å². The van der Waals surface area contributed by atoms with Crippen molar-refractivity contribution in [3.63, 3.8) is 0 Å². The number of aryl methyl sites for hydroxylation is 1. The van der Waals surface area contributed by atoms with Gasteiger partial charge in [0.15, 0.2) is 5.96 Å². The lowest BCUT2D eigenvalue weighted by Crippen LogP contribution is -2.41. The van der Waals surface area contributed by atoms with Gasteiger partial charge in [0.1, 0.15) is 0 Å². The topological polar surface area (TPSA) is 66.7 Å². The molecule has 7 nitrogen and oxygen atoms in total. The number of ether oxygens (including phenoxy) is 1. The number of nitrogens with one attached hydrogen (secondary N) is 2. The molecular formula is C20H41IN6O. The molecule has 1 aromatic heterocycles. The summed E-state index contributed by atoms with van der Waals surface area (Å²) in [5, 5.41) is 11.4. The Morgan fingerprint density at radius 2 is 1.82 bits per heavy atom. The summed E-state index contributed by atoms with van der Waals surface area (Å²) in [6, 6.07) is 1.14. The highest BCUT2D eigenvalue weighted by atomic mass is 127. The van der Waals surface area contributed by atoms with Crippen LogP contribution in [0, 0.1) is 13.8 Å². The highest BCUT2D eigenvalue weighted by molar-refractivity contribution is 14.0. The average Bonchev–Trinajstić information content (AvgIpc) is 2.88. The highest BCUT2D eigenvalue weighted by Crippen LogP contribution is 2.12. The van der Waals surface area contributed by atoms with Crippen LogP contribution in [-0.2, 0) is 17.8 Å². The van der Waals surface area contributed by atoms with E-state index in [1.54, 1.807) is 7.11 Å². The monoisotopic (exact) mass is 508 g/mol. The van der Waals surface area contributed by atoms with Gasteiger partial charge >= 0.3 is 0 Å². The smallest absolute Gasteiger partial charge is 0.191 e. The maximum atomic E-state index is 5.16. The first-order chi connectivity index (χ1) is 12.8. The maximum Gasteiger partial charge on any atom is 0.191 e. The molecule has 164 valence electrons. The van der Waals surface area contributed by atoms with Crippen LogP contribution in [0.4, 0.5) is 0 Å². The molecular weight excluding hydrogens is 467 g/mol. The van der Waals surface area contributed by atoms with Crippen LogP contribution < -0.4 is 10.6 Å². The molecule has 1 aromatic rings. The van der Waals surface area contributed by atoms with Gasteiger partial charge in [-0.15, -0.1) is 24.0 Å². The molecule has 0 saturated carbocycles. The molecule has 0 fully saturated rings. The standard InChI is InChI=1S/C20H40N6O.HI/c1-15(2)25(16(3)4)11-9-10-22-20(21-7)23-14-19-17(5)24-26(18(19)6)12-13-27-8;/h15-16H,9-14H2,1-8H3,(H2,21,22,23);1H. The Hall–Kier alpha value is -0.870. The lowest BCUT2D eigenvalue weighted by atomic mass is 10.2. The third kappa shape index (κ3) is 8.65. The number of hydrogen-bond donors (Lipinski definition) is 2. The van der Waals surface area contributed by atoms with E-state index in [2.05, 4.69) is 67.2 Å². The molecule has 8 heteroatoms. The van der Waals surface area contributed by atoms with Gasteiger partial charge in [0, 0.05) is 57.1 Å². The van der Waals surface area contributed by atoms with Crippen molar-refractivity contribution in [3.8, 4) is 0 Å². The first kappa shape index (κ1) is 27.1. The van der Waals surface area contributed by atoms with Crippen molar-refractivity contribution in [3.05, 3.63) is 17.0 Å². The molecule has 0 bridgehead atoms. The molecule has 0 aromatic carbocycles. The van der Waals surface area contributed by atoms with Crippen LogP contribution in [0.5, 0.6) is 0 Å². The lowest BCUT2D eigenvalue weighted by molar-refractivity contribution is 0.173. The molecule has 0 unspecified atom stereocenters. The Balaban J connectivity index is 0.00000729. The molecule has 2 N–H and O–H groups in total. The molecule has 1 heterocycles. The second kappa shape index (κ2) is 14.2. The molecule has 0 saturated heterocycles. The summed E-state index contributed by atoms with van der Waals surface area (Å²) in [7, 11) is 3.52. The predicted octanol–water partition coefficient (Wildman–Crippen LogP) is 2.94. The van der Waals surface area contributed by atoms with E-state index in [0.29, 0.717) is 25.2 Å². The number of nitrogens with zero attached hydrogens (tertiary/aromatic N) is 4. The predicted molar refractivity (Wildman–Crippen MR) is 129 cm³/mol. The first-order valence-corrected chi connectivity index (χ1v) is 10.0. The Morgan fingerprint density at radius 3 is 2.36 bits per heavy atom. The summed E-state index contributed by atoms with van der Waals surface area (Å²) in [6.07, 6.45) is 1.09. The molecule has 0 aliphatic carbocycles. The van der Waals surface area contributed by atoms with E-state index in [0.717, 1.165) is 37.7 Å². The van der Waals surface area contributed by atoms with E-state index in [9.17, 15) is 0 Å². The van der Waals surface area contributed by atoms with E-state index >= 15 is 0 Å². The summed E-state index contributed by atoms with van der Waals surface area (Å²) >= 11 is 0. The third-order valence-electron chi connectivity index (χ3n) is 4.91. The van der Waals surface area contributed by atoms with Gasteiger partial charge in [-0.25, -0.2) is 0 Å². The molecule has 1 rings (SSSR count). The van der Waals surface area contributed by atoms with Gasteiger partial charge in [-0.3, -0.25) is 14.6 Å². The summed E-state index contributed by atoms with van der Waals surface area (Å²) < 4.78 is 7.17. The Kier molecular flexibility index (Phi) is 13.7. The third-order valence-corrected chi connectivity index (χ3v) is 4.91. The van der Waals surface area contributed by atoms with Crippen molar-refractivity contribution in [1.29, 1.82) is 0 Å². The van der Waals surface area contributed by atoms with E-state index in [1.807, 2.05) is 11.7 Å². The average molecular weight is 508 g/mol. The van der Waals surface area contributed by atoms with Crippen LogP contribution in [0.2, 0.25) is 0 Å². The number of halogens is 1. The number of aromatic nitrogens is 2. The summed E-state index contributed by atoms with van der Waals surface area (Å²) in [5.41, 5.74) is 3.45. The second-order valence-electron chi connectivity index (χ2n) is 7.50. The summed E-state index contributed by atoms with van der Waals surface area (Å²) in [5.74, 6) is 0.832. The van der Waals surface area contributed by atoms with Crippen molar-refractivity contribution in [2.24, 2.45) is 4.99 Å². The van der Waals surface area contributed by atoms with Crippen LogP contribution in [0.3, 0.4) is 0 Å². The van der Waals surface area contributed by atoms with E-state index in [-0.39, 0.29) is 24.0 Å². The normalized spacial score (nSPS) is 12.0. The van der Waals surface area contributed by atoms with Crippen molar-refractivity contribution in [2.45, 2.75) is 73.1 Å². The Bertz CT molecular complexity index is 577. The number of methoxy groups -OCH3 is 1.